The molecule has 0 unspecified atom stereocenters. The molecule has 76 valence electrons. The van der Waals surface area contributed by atoms with Crippen LogP contribution in [-0.2, 0) is 9.63 Å². The van der Waals surface area contributed by atoms with Gasteiger partial charge in [-0.05, 0) is 17.7 Å². The van der Waals surface area contributed by atoms with Crippen molar-refractivity contribution in [3.63, 3.8) is 0 Å². The lowest BCUT2D eigenvalue weighted by molar-refractivity contribution is -0.124. The average Bonchev–Trinajstić information content (AvgIpc) is 2.50. The Morgan fingerprint density at radius 2 is 2.36 bits per heavy atom. The summed E-state index contributed by atoms with van der Waals surface area (Å²) in [5.41, 5.74) is 6.86. The van der Waals surface area contributed by atoms with Gasteiger partial charge >= 0.3 is 0 Å². The molecule has 1 aromatic rings. The van der Waals surface area contributed by atoms with Crippen molar-refractivity contribution in [1.82, 2.24) is 5.48 Å². The van der Waals surface area contributed by atoms with Gasteiger partial charge in [-0.2, -0.15) is 0 Å². The van der Waals surface area contributed by atoms with Crippen LogP contribution in [0.15, 0.2) is 16.7 Å². The van der Waals surface area contributed by atoms with Gasteiger partial charge in [-0.15, -0.1) is 0 Å². The molecular weight excluding hydrogens is 212 g/mol. The van der Waals surface area contributed by atoms with E-state index in [1.807, 2.05) is 5.48 Å². The molecule has 6 nitrogen and oxygen atoms in total. The van der Waals surface area contributed by atoms with Crippen LogP contribution in [0.2, 0.25) is 5.22 Å². The Morgan fingerprint density at radius 1 is 1.64 bits per heavy atom. The number of hydrogen-bond donors (Lipinski definition) is 2. The minimum Gasteiger partial charge on any atom is -0.452 e. The molecular formula is C7H7ClN2O4. The van der Waals surface area contributed by atoms with Gasteiger partial charge in [0.15, 0.2) is 6.61 Å². The Kier molecular flexibility index (Phi) is 3.49. The largest absolute Gasteiger partial charge is 0.452 e. The SMILES string of the molecule is NC(=O)CONC(=O)c1ccoc1Cl. The Morgan fingerprint density at radius 3 is 2.86 bits per heavy atom. The minimum absolute atomic E-state index is 0.0508. The Labute approximate surface area is 83.9 Å². The predicted octanol–water partition coefficient (Wildman–Crippen LogP) is 0.0797. The van der Waals surface area contributed by atoms with Crippen LogP contribution in [0.1, 0.15) is 10.4 Å². The average molecular weight is 219 g/mol. The topological polar surface area (TPSA) is 94.6 Å². The van der Waals surface area contributed by atoms with Gasteiger partial charge in [-0.25, -0.2) is 5.48 Å². The monoisotopic (exact) mass is 218 g/mol. The summed E-state index contributed by atoms with van der Waals surface area (Å²) >= 11 is 5.50. The summed E-state index contributed by atoms with van der Waals surface area (Å²) in [5, 5.41) is -0.0508. The van der Waals surface area contributed by atoms with E-state index in [2.05, 4.69) is 9.25 Å². The van der Waals surface area contributed by atoms with E-state index in [0.29, 0.717) is 0 Å². The van der Waals surface area contributed by atoms with Crippen LogP contribution in [-0.4, -0.2) is 18.4 Å². The van der Waals surface area contributed by atoms with Crippen molar-refractivity contribution in [2.75, 3.05) is 6.61 Å². The summed E-state index contributed by atoms with van der Waals surface area (Å²) in [6, 6.07) is 1.37. The zero-order valence-corrected chi connectivity index (χ0v) is 7.71. The van der Waals surface area contributed by atoms with Crippen LogP contribution >= 0.6 is 11.6 Å². The summed E-state index contributed by atoms with van der Waals surface area (Å²) in [5.74, 6) is -1.30. The van der Waals surface area contributed by atoms with Crippen molar-refractivity contribution >= 4 is 23.4 Å². The fourth-order valence-electron chi connectivity index (χ4n) is 0.683. The quantitative estimate of drug-likeness (QED) is 0.700. The van der Waals surface area contributed by atoms with Gasteiger partial charge in [-0.1, -0.05) is 0 Å². The van der Waals surface area contributed by atoms with Crippen molar-refractivity contribution in [1.29, 1.82) is 0 Å². The lowest BCUT2D eigenvalue weighted by Gasteiger charge is -2.01. The third-order valence-corrected chi connectivity index (χ3v) is 1.53. The first-order chi connectivity index (χ1) is 6.61. The highest BCUT2D eigenvalue weighted by molar-refractivity contribution is 6.32. The number of amides is 2. The molecule has 0 bridgehead atoms. The van der Waals surface area contributed by atoms with E-state index in [0.717, 1.165) is 0 Å². The van der Waals surface area contributed by atoms with Crippen molar-refractivity contribution in [3.05, 3.63) is 23.1 Å². The number of rotatable bonds is 4. The summed E-state index contributed by atoms with van der Waals surface area (Å²) < 4.78 is 4.67. The van der Waals surface area contributed by atoms with Crippen LogP contribution in [0.5, 0.6) is 0 Å². The minimum atomic E-state index is -0.691. The molecule has 0 aliphatic carbocycles. The smallest absolute Gasteiger partial charge is 0.279 e. The van der Waals surface area contributed by atoms with Crippen molar-refractivity contribution < 1.29 is 18.8 Å². The Bertz CT molecular complexity index is 349. The van der Waals surface area contributed by atoms with E-state index in [-0.39, 0.29) is 10.8 Å². The van der Waals surface area contributed by atoms with Crippen molar-refractivity contribution in [3.8, 4) is 0 Å². The molecule has 7 heteroatoms. The lowest BCUT2D eigenvalue weighted by atomic mass is 10.3. The van der Waals surface area contributed by atoms with Gasteiger partial charge in [-0.3, -0.25) is 14.4 Å². The number of carbonyl (C=O) groups is 2. The van der Waals surface area contributed by atoms with Crippen LogP contribution in [0, 0.1) is 0 Å². The fourth-order valence-corrected chi connectivity index (χ4v) is 0.884. The maximum Gasteiger partial charge on any atom is 0.279 e. The maximum absolute atomic E-state index is 11.2. The molecule has 1 heterocycles. The zero-order chi connectivity index (χ0) is 10.6. The third-order valence-electron chi connectivity index (χ3n) is 1.24. The first-order valence-electron chi connectivity index (χ1n) is 3.54. The van der Waals surface area contributed by atoms with E-state index in [1.54, 1.807) is 0 Å². The molecule has 0 spiro atoms. The van der Waals surface area contributed by atoms with Crippen molar-refractivity contribution in [2.24, 2.45) is 5.73 Å². The number of hydrogen-bond acceptors (Lipinski definition) is 4. The number of carbonyl (C=O) groups excluding carboxylic acids is 2. The highest BCUT2D eigenvalue weighted by atomic mass is 35.5. The van der Waals surface area contributed by atoms with Gasteiger partial charge in [0, 0.05) is 0 Å². The normalized spacial score (nSPS) is 9.79. The highest BCUT2D eigenvalue weighted by Crippen LogP contribution is 2.15. The van der Waals surface area contributed by atoms with Crippen LogP contribution in [0.25, 0.3) is 0 Å². The number of furan rings is 1. The first kappa shape index (κ1) is 10.6. The third kappa shape index (κ3) is 2.75. The Hall–Kier alpha value is -1.53. The number of hydroxylamine groups is 1. The number of primary amides is 1. The molecule has 0 atom stereocenters. The summed E-state index contributed by atoms with van der Waals surface area (Å²) in [4.78, 5) is 25.9. The lowest BCUT2D eigenvalue weighted by Crippen LogP contribution is -2.29. The van der Waals surface area contributed by atoms with Crippen molar-refractivity contribution in [2.45, 2.75) is 0 Å². The second-order valence-electron chi connectivity index (χ2n) is 2.29. The summed E-state index contributed by atoms with van der Waals surface area (Å²) in [7, 11) is 0. The molecule has 0 fully saturated rings. The molecule has 0 saturated carbocycles. The van der Waals surface area contributed by atoms with Crippen LogP contribution in [0.4, 0.5) is 0 Å². The summed E-state index contributed by atoms with van der Waals surface area (Å²) in [6.07, 6.45) is 1.26. The molecule has 1 aromatic heterocycles. The van der Waals surface area contributed by atoms with E-state index < -0.39 is 18.4 Å². The second kappa shape index (κ2) is 4.64. The van der Waals surface area contributed by atoms with Crippen LogP contribution in [0.3, 0.4) is 0 Å². The molecule has 3 N–H and O–H groups in total. The van der Waals surface area contributed by atoms with Gasteiger partial charge < -0.3 is 10.2 Å². The standard InChI is InChI=1S/C7H7ClN2O4/c8-6-4(1-2-13-6)7(12)10-14-3-5(9)11/h1-2H,3H2,(H2,9,11)(H,10,12). The number of nitrogens with two attached hydrogens (primary N) is 1. The molecule has 0 aliphatic heterocycles. The second-order valence-corrected chi connectivity index (χ2v) is 2.64. The zero-order valence-electron chi connectivity index (χ0n) is 6.95. The van der Waals surface area contributed by atoms with Gasteiger partial charge in [0.2, 0.25) is 11.1 Å². The van der Waals surface area contributed by atoms with E-state index in [1.165, 1.54) is 12.3 Å². The molecule has 14 heavy (non-hydrogen) atoms. The fraction of sp³-hybridized carbons (Fsp3) is 0.143. The van der Waals surface area contributed by atoms with Gasteiger partial charge in [0.25, 0.3) is 5.91 Å². The molecule has 0 radical (unpaired) electrons. The molecule has 0 aromatic carbocycles. The van der Waals surface area contributed by atoms with E-state index >= 15 is 0 Å². The predicted molar refractivity (Wildman–Crippen MR) is 46.3 cm³/mol. The molecule has 1 rings (SSSR count). The Balaban J connectivity index is 2.44. The highest BCUT2D eigenvalue weighted by Gasteiger charge is 2.12. The van der Waals surface area contributed by atoms with E-state index in [9.17, 15) is 9.59 Å². The van der Waals surface area contributed by atoms with Gasteiger partial charge in [0.1, 0.15) is 0 Å². The first-order valence-corrected chi connectivity index (χ1v) is 3.92. The van der Waals surface area contributed by atoms with E-state index in [4.69, 9.17) is 17.3 Å². The molecule has 0 aliphatic rings. The molecule has 2 amide bonds. The number of nitrogens with one attached hydrogen (secondary N) is 1. The number of halogens is 1. The van der Waals surface area contributed by atoms with Crippen LogP contribution < -0.4 is 11.2 Å². The summed E-state index contributed by atoms with van der Waals surface area (Å²) in [6.45, 7) is -0.402. The van der Waals surface area contributed by atoms with Gasteiger partial charge in [0.05, 0.1) is 11.8 Å². The molecule has 0 saturated heterocycles. The maximum atomic E-state index is 11.2.